The molecule has 1 aliphatic rings. The van der Waals surface area contributed by atoms with Gasteiger partial charge in [0.25, 0.3) is 11.8 Å². The topological polar surface area (TPSA) is 38.3 Å². The predicted molar refractivity (Wildman–Crippen MR) is 76.1 cm³/mol. The van der Waals surface area contributed by atoms with E-state index in [9.17, 15) is 26.7 Å². The number of halogens is 6. The van der Waals surface area contributed by atoms with Gasteiger partial charge in [-0.15, -0.1) is 0 Å². The molecule has 0 aromatic heterocycles. The number of nitrogens with one attached hydrogen (secondary N) is 1. The third-order valence-electron chi connectivity index (χ3n) is 3.01. The molecule has 9 heteroatoms. The summed E-state index contributed by atoms with van der Waals surface area (Å²) in [4.78, 5) is 11.9. The smallest absolute Gasteiger partial charge is 0.422 e. The summed E-state index contributed by atoms with van der Waals surface area (Å²) < 4.78 is 66.5. The van der Waals surface area contributed by atoms with Crippen LogP contribution in [0.1, 0.15) is 23.2 Å². The third-order valence-corrected chi connectivity index (χ3v) is 3.85. The maximum absolute atomic E-state index is 12.7. The summed E-state index contributed by atoms with van der Waals surface area (Å²) in [5.74, 6) is -3.27. The minimum Gasteiger partial charge on any atom is -0.483 e. The standard InChI is InChI=1S/C13H11F5INO2/c14-12(15)4-8(5-12)20-11(21)7-1-2-10(9(19)3-7)22-6-13(16,17)18/h1-3,8H,4-6H2,(H,20,21). The summed E-state index contributed by atoms with van der Waals surface area (Å²) in [6, 6.07) is 3.30. The van der Waals surface area contributed by atoms with Crippen LogP contribution in [-0.2, 0) is 0 Å². The van der Waals surface area contributed by atoms with E-state index in [4.69, 9.17) is 0 Å². The monoisotopic (exact) mass is 435 g/mol. The van der Waals surface area contributed by atoms with Gasteiger partial charge in [0.15, 0.2) is 6.61 Å². The van der Waals surface area contributed by atoms with E-state index in [1.54, 1.807) is 22.6 Å². The van der Waals surface area contributed by atoms with Crippen LogP contribution in [0.25, 0.3) is 0 Å². The highest BCUT2D eigenvalue weighted by atomic mass is 127. The van der Waals surface area contributed by atoms with Crippen molar-refractivity contribution in [3.8, 4) is 5.75 Å². The van der Waals surface area contributed by atoms with Gasteiger partial charge in [0.2, 0.25) is 0 Å². The number of ether oxygens (including phenoxy) is 1. The number of alkyl halides is 5. The summed E-state index contributed by atoms with van der Waals surface area (Å²) in [7, 11) is 0. The zero-order chi connectivity index (χ0) is 16.5. The van der Waals surface area contributed by atoms with E-state index in [0.717, 1.165) is 0 Å². The molecule has 3 nitrogen and oxygen atoms in total. The lowest BCUT2D eigenvalue weighted by Crippen LogP contribution is -2.50. The molecule has 0 atom stereocenters. The Morgan fingerprint density at radius 3 is 2.50 bits per heavy atom. The summed E-state index contributed by atoms with van der Waals surface area (Å²) in [6.07, 6.45) is -5.25. The van der Waals surface area contributed by atoms with Gasteiger partial charge in [-0.1, -0.05) is 0 Å². The summed E-state index contributed by atoms with van der Waals surface area (Å²) in [5, 5.41) is 2.45. The average Bonchev–Trinajstić information content (AvgIpc) is 2.33. The van der Waals surface area contributed by atoms with Crippen LogP contribution < -0.4 is 10.1 Å². The molecule has 1 amide bonds. The third kappa shape index (κ3) is 4.68. The molecule has 0 unspecified atom stereocenters. The van der Waals surface area contributed by atoms with E-state index in [1.165, 1.54) is 18.2 Å². The molecule has 0 saturated heterocycles. The van der Waals surface area contributed by atoms with Crippen molar-refractivity contribution in [3.63, 3.8) is 0 Å². The predicted octanol–water partition coefficient (Wildman–Crippen LogP) is 3.76. The molecule has 1 N–H and O–H groups in total. The van der Waals surface area contributed by atoms with Gasteiger partial charge in [-0.3, -0.25) is 4.79 Å². The molecule has 0 bridgehead atoms. The van der Waals surface area contributed by atoms with Crippen LogP contribution in [0.3, 0.4) is 0 Å². The van der Waals surface area contributed by atoms with Gasteiger partial charge in [-0.2, -0.15) is 13.2 Å². The van der Waals surface area contributed by atoms with E-state index in [2.05, 4.69) is 10.1 Å². The molecule has 1 fully saturated rings. The van der Waals surface area contributed by atoms with Gasteiger partial charge in [-0.25, -0.2) is 8.78 Å². The minimum absolute atomic E-state index is 0.00431. The zero-order valence-electron chi connectivity index (χ0n) is 11.0. The van der Waals surface area contributed by atoms with Gasteiger partial charge in [0, 0.05) is 24.4 Å². The first-order chi connectivity index (χ1) is 10.1. The second-order valence-electron chi connectivity index (χ2n) is 4.98. The van der Waals surface area contributed by atoms with Gasteiger partial charge in [0.1, 0.15) is 5.75 Å². The summed E-state index contributed by atoms with van der Waals surface area (Å²) in [6.45, 7) is -1.42. The first-order valence-corrected chi connectivity index (χ1v) is 7.31. The van der Waals surface area contributed by atoms with E-state index < -0.39 is 43.5 Å². The van der Waals surface area contributed by atoms with Crippen LogP contribution in [-0.4, -0.2) is 30.7 Å². The van der Waals surface area contributed by atoms with Gasteiger partial charge in [-0.05, 0) is 40.8 Å². The van der Waals surface area contributed by atoms with Crippen molar-refractivity contribution in [2.45, 2.75) is 31.0 Å². The molecule has 1 saturated carbocycles. The molecule has 122 valence electrons. The Morgan fingerprint density at radius 1 is 1.36 bits per heavy atom. The Balaban J connectivity index is 1.95. The van der Waals surface area contributed by atoms with Crippen molar-refractivity contribution in [3.05, 3.63) is 27.3 Å². The highest BCUT2D eigenvalue weighted by Gasteiger charge is 2.45. The van der Waals surface area contributed by atoms with Crippen molar-refractivity contribution in [2.75, 3.05) is 6.61 Å². The zero-order valence-corrected chi connectivity index (χ0v) is 13.2. The fraction of sp³-hybridized carbons (Fsp3) is 0.462. The summed E-state index contributed by atoms with van der Waals surface area (Å²) in [5.41, 5.74) is 0.180. The first-order valence-electron chi connectivity index (χ1n) is 6.23. The van der Waals surface area contributed by atoms with Crippen LogP contribution in [0, 0.1) is 3.57 Å². The lowest BCUT2D eigenvalue weighted by Gasteiger charge is -2.35. The molecule has 0 heterocycles. The Labute approximate surface area is 136 Å². The molecule has 0 aliphatic heterocycles. The van der Waals surface area contributed by atoms with Crippen LogP contribution >= 0.6 is 22.6 Å². The highest BCUT2D eigenvalue weighted by Crippen LogP contribution is 2.37. The number of hydrogen-bond donors (Lipinski definition) is 1. The Hall–Kier alpha value is -1.13. The SMILES string of the molecule is O=C(NC1CC(F)(F)C1)c1ccc(OCC(F)(F)F)c(I)c1. The van der Waals surface area contributed by atoms with Crippen molar-refractivity contribution in [1.82, 2.24) is 5.32 Å². The Kier molecular flexibility index (Phi) is 4.83. The molecule has 1 aliphatic carbocycles. The molecule has 2 rings (SSSR count). The number of hydrogen-bond acceptors (Lipinski definition) is 2. The highest BCUT2D eigenvalue weighted by molar-refractivity contribution is 14.1. The maximum atomic E-state index is 12.7. The minimum atomic E-state index is -4.45. The number of carbonyl (C=O) groups excluding carboxylic acids is 1. The fourth-order valence-electron chi connectivity index (χ4n) is 1.95. The quantitative estimate of drug-likeness (QED) is 0.578. The molecule has 22 heavy (non-hydrogen) atoms. The normalized spacial score (nSPS) is 17.7. The largest absolute Gasteiger partial charge is 0.483 e. The fourth-order valence-corrected chi connectivity index (χ4v) is 2.62. The van der Waals surface area contributed by atoms with Crippen molar-refractivity contribution >= 4 is 28.5 Å². The van der Waals surface area contributed by atoms with E-state index in [-0.39, 0.29) is 11.3 Å². The average molecular weight is 435 g/mol. The number of rotatable bonds is 4. The van der Waals surface area contributed by atoms with E-state index >= 15 is 0 Å². The van der Waals surface area contributed by atoms with Gasteiger partial charge >= 0.3 is 6.18 Å². The lowest BCUT2D eigenvalue weighted by molar-refractivity contribution is -0.153. The second kappa shape index (κ2) is 6.17. The molecule has 1 aromatic carbocycles. The molecule has 0 spiro atoms. The molecular formula is C13H11F5INO2. The van der Waals surface area contributed by atoms with Crippen LogP contribution in [0.2, 0.25) is 0 Å². The van der Waals surface area contributed by atoms with Crippen LogP contribution in [0.4, 0.5) is 22.0 Å². The Morgan fingerprint density at radius 2 is 2.00 bits per heavy atom. The molecule has 0 radical (unpaired) electrons. The number of amides is 1. The van der Waals surface area contributed by atoms with Crippen molar-refractivity contribution in [1.29, 1.82) is 0 Å². The first kappa shape index (κ1) is 17.2. The lowest BCUT2D eigenvalue weighted by atomic mass is 9.88. The molecule has 1 aromatic rings. The molecular weight excluding hydrogens is 424 g/mol. The van der Waals surface area contributed by atoms with Crippen LogP contribution in [0.15, 0.2) is 18.2 Å². The van der Waals surface area contributed by atoms with Crippen LogP contribution in [0.5, 0.6) is 5.75 Å². The number of benzene rings is 1. The second-order valence-corrected chi connectivity index (χ2v) is 6.15. The van der Waals surface area contributed by atoms with E-state index in [0.29, 0.717) is 3.57 Å². The van der Waals surface area contributed by atoms with Gasteiger partial charge in [0.05, 0.1) is 3.57 Å². The van der Waals surface area contributed by atoms with E-state index in [1.807, 2.05) is 0 Å². The van der Waals surface area contributed by atoms with Crippen molar-refractivity contribution < 1.29 is 31.5 Å². The van der Waals surface area contributed by atoms with Gasteiger partial charge < -0.3 is 10.1 Å². The number of carbonyl (C=O) groups is 1. The van der Waals surface area contributed by atoms with Crippen molar-refractivity contribution in [2.24, 2.45) is 0 Å². The Bertz CT molecular complexity index is 568. The summed E-state index contributed by atoms with van der Waals surface area (Å²) >= 11 is 1.74. The maximum Gasteiger partial charge on any atom is 0.422 e.